The minimum Gasteiger partial charge on any atom is -0.378 e. The van der Waals surface area contributed by atoms with E-state index in [0.29, 0.717) is 5.82 Å². The second-order valence-corrected chi connectivity index (χ2v) is 7.55. The molecule has 2 N–H and O–H groups in total. The lowest BCUT2D eigenvalue weighted by Gasteiger charge is -2.30. The maximum absolute atomic E-state index is 5.52. The van der Waals surface area contributed by atoms with E-state index in [0.717, 1.165) is 65.5 Å². The first-order valence-electron chi connectivity index (χ1n) is 10.3. The van der Waals surface area contributed by atoms with Crippen LogP contribution in [0.1, 0.15) is 0 Å². The highest BCUT2D eigenvalue weighted by atomic mass is 16.5. The summed E-state index contributed by atoms with van der Waals surface area (Å²) >= 11 is 0. The Morgan fingerprint density at radius 1 is 1.06 bits per heavy atom. The number of nitrogens with zero attached hydrogens (tertiary/aromatic N) is 5. The molecule has 31 heavy (non-hydrogen) atoms. The number of hydrogen-bond donors (Lipinski definition) is 2. The van der Waals surface area contributed by atoms with E-state index in [-0.39, 0.29) is 0 Å². The highest BCUT2D eigenvalue weighted by Gasteiger charge is 2.17. The van der Waals surface area contributed by atoms with E-state index in [9.17, 15) is 0 Å². The molecule has 0 saturated carbocycles. The van der Waals surface area contributed by atoms with E-state index in [2.05, 4.69) is 61.8 Å². The summed E-state index contributed by atoms with van der Waals surface area (Å²) in [5, 5.41) is 11.8. The van der Waals surface area contributed by atoms with Gasteiger partial charge < -0.3 is 19.4 Å². The SMILES string of the molecule is c1ccc(N2CCOCC2)c(Nc2nc(-c3ccc4cn[nH]c4c3)cn3ccnc23)c1. The van der Waals surface area contributed by atoms with Crippen molar-refractivity contribution in [1.29, 1.82) is 0 Å². The fourth-order valence-electron chi connectivity index (χ4n) is 4.04. The largest absolute Gasteiger partial charge is 0.378 e. The molecule has 0 atom stereocenters. The van der Waals surface area contributed by atoms with Crippen LogP contribution in [0.15, 0.2) is 67.3 Å². The summed E-state index contributed by atoms with van der Waals surface area (Å²) < 4.78 is 7.52. The maximum Gasteiger partial charge on any atom is 0.180 e. The highest BCUT2D eigenvalue weighted by molar-refractivity contribution is 5.84. The predicted molar refractivity (Wildman–Crippen MR) is 121 cm³/mol. The third-order valence-corrected chi connectivity index (χ3v) is 5.62. The zero-order valence-electron chi connectivity index (χ0n) is 16.8. The van der Waals surface area contributed by atoms with Crippen LogP contribution in [0.2, 0.25) is 0 Å². The molecular weight excluding hydrogens is 390 g/mol. The summed E-state index contributed by atoms with van der Waals surface area (Å²) in [6.45, 7) is 3.22. The van der Waals surface area contributed by atoms with Crippen LogP contribution in [0.3, 0.4) is 0 Å². The fourth-order valence-corrected chi connectivity index (χ4v) is 4.04. The van der Waals surface area contributed by atoms with Gasteiger partial charge in [-0.25, -0.2) is 9.97 Å². The number of hydrogen-bond acceptors (Lipinski definition) is 6. The Labute approximate surface area is 178 Å². The van der Waals surface area contributed by atoms with Gasteiger partial charge >= 0.3 is 0 Å². The van der Waals surface area contributed by atoms with Crippen LogP contribution in [0.4, 0.5) is 17.2 Å². The Morgan fingerprint density at radius 3 is 2.90 bits per heavy atom. The van der Waals surface area contributed by atoms with Gasteiger partial charge in [0.2, 0.25) is 0 Å². The van der Waals surface area contributed by atoms with Crippen LogP contribution in [-0.2, 0) is 4.74 Å². The second kappa shape index (κ2) is 7.41. The number of H-pyrrole nitrogens is 1. The quantitative estimate of drug-likeness (QED) is 0.467. The standard InChI is InChI=1S/C23H21N7O/c1-2-4-21(29-9-11-31-12-10-29)18(3-1)26-22-23-24-7-8-30(23)15-20(27-22)16-5-6-17-14-25-28-19(17)13-16/h1-8,13-15H,9-12H2,(H,25,28)(H,26,27). The van der Waals surface area contributed by atoms with Crippen LogP contribution in [-0.4, -0.2) is 50.9 Å². The van der Waals surface area contributed by atoms with Gasteiger partial charge in [-0.15, -0.1) is 0 Å². The van der Waals surface area contributed by atoms with Crippen molar-refractivity contribution < 1.29 is 4.74 Å². The van der Waals surface area contributed by atoms with Crippen LogP contribution >= 0.6 is 0 Å². The Hall–Kier alpha value is -3.91. The van der Waals surface area contributed by atoms with Gasteiger partial charge in [0.1, 0.15) is 0 Å². The maximum atomic E-state index is 5.52. The van der Waals surface area contributed by atoms with Crippen molar-refractivity contribution in [3.8, 4) is 11.3 Å². The van der Waals surface area contributed by atoms with E-state index in [1.807, 2.05) is 29.1 Å². The summed E-state index contributed by atoms with van der Waals surface area (Å²) in [6, 6.07) is 14.5. The number of anilines is 3. The molecule has 4 heterocycles. The van der Waals surface area contributed by atoms with Crippen LogP contribution in [0, 0.1) is 0 Å². The molecule has 5 aromatic rings. The predicted octanol–water partition coefficient (Wildman–Crippen LogP) is 3.85. The fraction of sp³-hybridized carbons (Fsp3) is 0.174. The molecule has 1 saturated heterocycles. The average molecular weight is 411 g/mol. The number of benzene rings is 2. The van der Waals surface area contributed by atoms with Crippen molar-refractivity contribution >= 4 is 33.7 Å². The molecule has 0 aliphatic carbocycles. The van der Waals surface area contributed by atoms with Gasteiger partial charge in [-0.3, -0.25) is 5.10 Å². The summed E-state index contributed by atoms with van der Waals surface area (Å²) in [7, 11) is 0. The molecule has 1 fully saturated rings. The number of ether oxygens (including phenoxy) is 1. The molecule has 1 aliphatic rings. The summed E-state index contributed by atoms with van der Waals surface area (Å²) in [6.07, 6.45) is 7.55. The lowest BCUT2D eigenvalue weighted by molar-refractivity contribution is 0.123. The smallest absolute Gasteiger partial charge is 0.180 e. The first-order valence-corrected chi connectivity index (χ1v) is 10.3. The number of para-hydroxylation sites is 2. The molecule has 0 bridgehead atoms. The van der Waals surface area contributed by atoms with Gasteiger partial charge in [0.05, 0.1) is 42.0 Å². The van der Waals surface area contributed by atoms with Gasteiger partial charge in [-0.2, -0.15) is 5.10 Å². The second-order valence-electron chi connectivity index (χ2n) is 7.55. The first-order chi connectivity index (χ1) is 15.3. The highest BCUT2D eigenvalue weighted by Crippen LogP contribution is 2.31. The topological polar surface area (TPSA) is 83.4 Å². The summed E-state index contributed by atoms with van der Waals surface area (Å²) in [5.41, 5.74) is 5.77. The lowest BCUT2D eigenvalue weighted by Crippen LogP contribution is -2.36. The molecule has 2 aromatic carbocycles. The van der Waals surface area contributed by atoms with Gasteiger partial charge in [0, 0.05) is 42.6 Å². The van der Waals surface area contributed by atoms with Gasteiger partial charge in [0.15, 0.2) is 11.5 Å². The Kier molecular flexibility index (Phi) is 4.28. The van der Waals surface area contributed by atoms with Crippen molar-refractivity contribution in [2.75, 3.05) is 36.5 Å². The van der Waals surface area contributed by atoms with Crippen molar-refractivity contribution in [1.82, 2.24) is 24.6 Å². The summed E-state index contributed by atoms with van der Waals surface area (Å²) in [4.78, 5) is 11.8. The van der Waals surface area contributed by atoms with E-state index in [1.54, 1.807) is 6.20 Å². The number of morpholine rings is 1. The monoisotopic (exact) mass is 411 g/mol. The van der Waals surface area contributed by atoms with Crippen molar-refractivity contribution in [2.24, 2.45) is 0 Å². The van der Waals surface area contributed by atoms with Gasteiger partial charge in [-0.05, 0) is 18.2 Å². The molecule has 8 nitrogen and oxygen atoms in total. The minimum absolute atomic E-state index is 0.716. The number of aromatic amines is 1. The third-order valence-electron chi connectivity index (χ3n) is 5.62. The van der Waals surface area contributed by atoms with Crippen molar-refractivity contribution in [3.05, 3.63) is 67.3 Å². The zero-order chi connectivity index (χ0) is 20.6. The van der Waals surface area contributed by atoms with Crippen LogP contribution in [0.25, 0.3) is 27.8 Å². The zero-order valence-corrected chi connectivity index (χ0v) is 16.8. The molecule has 8 heteroatoms. The number of fused-ring (bicyclic) bond motifs is 2. The summed E-state index contributed by atoms with van der Waals surface area (Å²) in [5.74, 6) is 0.716. The van der Waals surface area contributed by atoms with E-state index >= 15 is 0 Å². The van der Waals surface area contributed by atoms with Crippen LogP contribution < -0.4 is 10.2 Å². The molecule has 6 rings (SSSR count). The number of rotatable bonds is 4. The number of aromatic nitrogens is 5. The third kappa shape index (κ3) is 3.27. The normalized spacial score (nSPS) is 14.4. The Bertz CT molecular complexity index is 1370. The lowest BCUT2D eigenvalue weighted by atomic mass is 10.1. The van der Waals surface area contributed by atoms with E-state index in [1.165, 1.54) is 0 Å². The average Bonchev–Trinajstić information content (AvgIpc) is 3.49. The van der Waals surface area contributed by atoms with Crippen molar-refractivity contribution in [2.45, 2.75) is 0 Å². The van der Waals surface area contributed by atoms with E-state index in [4.69, 9.17) is 9.72 Å². The molecule has 0 amide bonds. The molecule has 0 spiro atoms. The Morgan fingerprint density at radius 2 is 1.97 bits per heavy atom. The number of imidazole rings is 1. The van der Waals surface area contributed by atoms with Gasteiger partial charge in [-0.1, -0.05) is 24.3 Å². The molecular formula is C23H21N7O. The molecule has 3 aromatic heterocycles. The number of nitrogens with one attached hydrogen (secondary N) is 2. The molecule has 154 valence electrons. The van der Waals surface area contributed by atoms with Gasteiger partial charge in [0.25, 0.3) is 0 Å². The van der Waals surface area contributed by atoms with Crippen molar-refractivity contribution in [3.63, 3.8) is 0 Å². The van der Waals surface area contributed by atoms with E-state index < -0.39 is 0 Å². The molecule has 1 aliphatic heterocycles. The molecule has 0 unspecified atom stereocenters. The minimum atomic E-state index is 0.716. The first kappa shape index (κ1) is 17.9. The molecule has 0 radical (unpaired) electrons. The Balaban J connectivity index is 1.43. The van der Waals surface area contributed by atoms with Crippen LogP contribution in [0.5, 0.6) is 0 Å².